The third-order valence-electron chi connectivity index (χ3n) is 3.14. The highest BCUT2D eigenvalue weighted by Crippen LogP contribution is 2.21. The van der Waals surface area contributed by atoms with Gasteiger partial charge in [-0.3, -0.25) is 4.79 Å². The molecule has 0 aromatic carbocycles. The molecule has 0 aliphatic carbocycles. The Bertz CT molecular complexity index is 557. The van der Waals surface area contributed by atoms with Crippen LogP contribution in [-0.4, -0.2) is 61.5 Å². The van der Waals surface area contributed by atoms with E-state index in [1.165, 1.54) is 19.2 Å². The summed E-state index contributed by atoms with van der Waals surface area (Å²) in [4.78, 5) is 28.3. The van der Waals surface area contributed by atoms with Gasteiger partial charge in [0.15, 0.2) is 0 Å². The highest BCUT2D eigenvalue weighted by Gasteiger charge is 2.21. The van der Waals surface area contributed by atoms with E-state index in [1.54, 1.807) is 11.9 Å². The molecule has 120 valence electrons. The van der Waals surface area contributed by atoms with Crippen LogP contribution in [0.4, 0.5) is 11.5 Å². The number of likely N-dealkylation sites (N-methyl/N-ethyl adjacent to an activating group) is 1. The standard InChI is InChI=1S/C14H19N3O5/c1-9(18)16-10-5-12(14(19)20)13(15-6-10)17(2)7-11-8-21-3-4-22-11/h5-6,11H,3-4,7-8H2,1-2H3,(H,16,18)(H,19,20)/t11-/m0/s1. The van der Waals surface area contributed by atoms with Crippen molar-refractivity contribution in [2.75, 3.05) is 43.6 Å². The Kier molecular flexibility index (Phi) is 5.29. The molecule has 1 atom stereocenters. The molecule has 8 nitrogen and oxygen atoms in total. The number of carboxylic acid groups (broad SMARTS) is 1. The Balaban J connectivity index is 2.17. The summed E-state index contributed by atoms with van der Waals surface area (Å²) < 4.78 is 10.9. The maximum Gasteiger partial charge on any atom is 0.339 e. The van der Waals surface area contributed by atoms with E-state index in [1.807, 2.05) is 0 Å². The normalized spacial score (nSPS) is 17.8. The molecular formula is C14H19N3O5. The van der Waals surface area contributed by atoms with Gasteiger partial charge in [-0.1, -0.05) is 0 Å². The predicted octanol–water partition coefficient (Wildman–Crippen LogP) is 0.590. The van der Waals surface area contributed by atoms with Crippen LogP contribution < -0.4 is 10.2 Å². The van der Waals surface area contributed by atoms with Crippen molar-refractivity contribution in [2.45, 2.75) is 13.0 Å². The van der Waals surface area contributed by atoms with E-state index in [4.69, 9.17) is 9.47 Å². The van der Waals surface area contributed by atoms with Crippen LogP contribution in [0.3, 0.4) is 0 Å². The fraction of sp³-hybridized carbons (Fsp3) is 0.500. The minimum absolute atomic E-state index is 0.0190. The summed E-state index contributed by atoms with van der Waals surface area (Å²) >= 11 is 0. The van der Waals surface area contributed by atoms with E-state index >= 15 is 0 Å². The molecule has 1 amide bonds. The van der Waals surface area contributed by atoms with Crippen molar-refractivity contribution in [3.8, 4) is 0 Å². The lowest BCUT2D eigenvalue weighted by atomic mass is 10.2. The summed E-state index contributed by atoms with van der Waals surface area (Å²) in [6.45, 7) is 3.38. The summed E-state index contributed by atoms with van der Waals surface area (Å²) in [5.41, 5.74) is 0.366. The van der Waals surface area contributed by atoms with Gasteiger partial charge in [-0.05, 0) is 6.07 Å². The van der Waals surface area contributed by atoms with E-state index in [9.17, 15) is 14.7 Å². The third-order valence-corrected chi connectivity index (χ3v) is 3.14. The first-order valence-electron chi connectivity index (χ1n) is 6.88. The molecule has 0 saturated carbocycles. The van der Waals surface area contributed by atoms with E-state index in [2.05, 4.69) is 10.3 Å². The number of pyridine rings is 1. The van der Waals surface area contributed by atoms with Crippen LogP contribution in [0.15, 0.2) is 12.3 Å². The average Bonchev–Trinajstić information content (AvgIpc) is 2.47. The lowest BCUT2D eigenvalue weighted by Gasteiger charge is -2.28. The maximum atomic E-state index is 11.4. The monoisotopic (exact) mass is 309 g/mol. The molecule has 1 aromatic heterocycles. The molecule has 0 radical (unpaired) electrons. The van der Waals surface area contributed by atoms with Gasteiger partial charge in [0.25, 0.3) is 0 Å². The number of carbonyl (C=O) groups excluding carboxylic acids is 1. The second kappa shape index (κ2) is 7.19. The highest BCUT2D eigenvalue weighted by atomic mass is 16.6. The molecule has 2 heterocycles. The molecule has 0 spiro atoms. The van der Waals surface area contributed by atoms with Gasteiger partial charge in [-0.2, -0.15) is 0 Å². The number of amides is 1. The van der Waals surface area contributed by atoms with Gasteiger partial charge in [0, 0.05) is 20.5 Å². The van der Waals surface area contributed by atoms with Gasteiger partial charge in [0.2, 0.25) is 5.91 Å². The van der Waals surface area contributed by atoms with Crippen molar-refractivity contribution in [3.63, 3.8) is 0 Å². The van der Waals surface area contributed by atoms with E-state index < -0.39 is 5.97 Å². The Morgan fingerprint density at radius 2 is 2.27 bits per heavy atom. The molecule has 2 rings (SSSR count). The smallest absolute Gasteiger partial charge is 0.339 e. The number of aromatic nitrogens is 1. The van der Waals surface area contributed by atoms with Crippen LogP contribution in [0, 0.1) is 0 Å². The van der Waals surface area contributed by atoms with Crippen molar-refractivity contribution < 1.29 is 24.2 Å². The van der Waals surface area contributed by atoms with Crippen LogP contribution in [-0.2, 0) is 14.3 Å². The lowest BCUT2D eigenvalue weighted by molar-refractivity contribution is -0.114. The molecule has 1 saturated heterocycles. The molecule has 8 heteroatoms. The van der Waals surface area contributed by atoms with Crippen molar-refractivity contribution in [1.29, 1.82) is 0 Å². The first-order valence-corrected chi connectivity index (χ1v) is 6.88. The molecule has 1 aromatic rings. The van der Waals surface area contributed by atoms with Gasteiger partial charge in [-0.15, -0.1) is 0 Å². The van der Waals surface area contributed by atoms with Crippen molar-refractivity contribution in [1.82, 2.24) is 4.98 Å². The van der Waals surface area contributed by atoms with Crippen LogP contribution in [0.25, 0.3) is 0 Å². The summed E-state index contributed by atoms with van der Waals surface area (Å²) in [7, 11) is 1.74. The molecule has 0 unspecified atom stereocenters. The molecule has 1 aliphatic rings. The Hall–Kier alpha value is -2.19. The first-order chi connectivity index (χ1) is 10.5. The third kappa shape index (κ3) is 4.15. The minimum atomic E-state index is -1.11. The Morgan fingerprint density at radius 3 is 2.86 bits per heavy atom. The number of rotatable bonds is 5. The predicted molar refractivity (Wildman–Crippen MR) is 79.3 cm³/mol. The number of carboxylic acids is 1. The molecule has 1 fully saturated rings. The average molecular weight is 309 g/mol. The summed E-state index contributed by atoms with van der Waals surface area (Å²) in [5, 5.41) is 11.9. The second-order valence-corrected chi connectivity index (χ2v) is 5.03. The first kappa shape index (κ1) is 16.2. The Labute approximate surface area is 128 Å². The zero-order valence-corrected chi connectivity index (χ0v) is 12.5. The fourth-order valence-electron chi connectivity index (χ4n) is 2.22. The largest absolute Gasteiger partial charge is 0.478 e. The summed E-state index contributed by atoms with van der Waals surface area (Å²) in [5.74, 6) is -1.08. The van der Waals surface area contributed by atoms with Crippen molar-refractivity contribution in [3.05, 3.63) is 17.8 Å². The zero-order valence-electron chi connectivity index (χ0n) is 12.5. The van der Waals surface area contributed by atoms with Crippen LogP contribution in [0.1, 0.15) is 17.3 Å². The van der Waals surface area contributed by atoms with Crippen LogP contribution in [0.5, 0.6) is 0 Å². The number of ether oxygens (including phenoxy) is 2. The topological polar surface area (TPSA) is 101 Å². The lowest BCUT2D eigenvalue weighted by Crippen LogP contribution is -2.39. The van der Waals surface area contributed by atoms with E-state index in [-0.39, 0.29) is 17.6 Å². The number of aromatic carboxylic acids is 1. The molecule has 1 aliphatic heterocycles. The SMILES string of the molecule is CC(=O)Nc1cnc(N(C)C[C@H]2COCCO2)c(C(=O)O)c1. The van der Waals surface area contributed by atoms with Gasteiger partial charge >= 0.3 is 5.97 Å². The molecule has 2 N–H and O–H groups in total. The second-order valence-electron chi connectivity index (χ2n) is 5.03. The van der Waals surface area contributed by atoms with Gasteiger partial charge in [0.1, 0.15) is 11.4 Å². The number of hydrogen-bond acceptors (Lipinski definition) is 6. The number of nitrogens with zero attached hydrogens (tertiary/aromatic N) is 2. The van der Waals surface area contributed by atoms with E-state index in [0.717, 1.165) is 0 Å². The van der Waals surface area contributed by atoms with E-state index in [0.29, 0.717) is 37.9 Å². The number of nitrogens with one attached hydrogen (secondary N) is 1. The van der Waals surface area contributed by atoms with Crippen LogP contribution >= 0.6 is 0 Å². The minimum Gasteiger partial charge on any atom is -0.478 e. The molecular weight excluding hydrogens is 290 g/mol. The van der Waals surface area contributed by atoms with Gasteiger partial charge < -0.3 is 24.8 Å². The summed E-state index contributed by atoms with van der Waals surface area (Å²) in [6, 6.07) is 1.39. The molecule has 0 bridgehead atoms. The fourth-order valence-corrected chi connectivity index (χ4v) is 2.22. The molecule has 22 heavy (non-hydrogen) atoms. The van der Waals surface area contributed by atoms with Crippen molar-refractivity contribution in [2.24, 2.45) is 0 Å². The van der Waals surface area contributed by atoms with Crippen LogP contribution in [0.2, 0.25) is 0 Å². The summed E-state index contributed by atoms with van der Waals surface area (Å²) in [6.07, 6.45) is 1.30. The van der Waals surface area contributed by atoms with Gasteiger partial charge in [-0.25, -0.2) is 9.78 Å². The maximum absolute atomic E-state index is 11.4. The number of anilines is 2. The quantitative estimate of drug-likeness (QED) is 0.821. The zero-order chi connectivity index (χ0) is 16.1. The van der Waals surface area contributed by atoms with Gasteiger partial charge in [0.05, 0.1) is 37.8 Å². The number of carbonyl (C=O) groups is 2. The van der Waals surface area contributed by atoms with Crippen molar-refractivity contribution >= 4 is 23.4 Å². The highest BCUT2D eigenvalue weighted by molar-refractivity contribution is 5.96. The number of hydrogen-bond donors (Lipinski definition) is 2. The Morgan fingerprint density at radius 1 is 1.50 bits per heavy atom.